The Hall–Kier alpha value is -3.25. The molecule has 0 saturated carbocycles. The molecular formula is C33H40F3N7O2S2. The zero-order valence-electron chi connectivity index (χ0n) is 26.8. The third-order valence-electron chi connectivity index (χ3n) is 9.77. The van der Waals surface area contributed by atoms with Crippen LogP contribution in [0.5, 0.6) is 0 Å². The largest absolute Gasteiger partial charge is 0.393 e. The van der Waals surface area contributed by atoms with Gasteiger partial charge in [0.1, 0.15) is 28.7 Å². The Balaban J connectivity index is 1.07. The molecule has 0 radical (unpaired) electrons. The van der Waals surface area contributed by atoms with Gasteiger partial charge in [-0.1, -0.05) is 6.07 Å². The zero-order chi connectivity index (χ0) is 33.5. The molecule has 2 atom stereocenters. The SMILES string of the molecule is Cc1c(CN2CCC(Nc3ncnc4sc(CC(F)(F)F)cc34)CC2)ccc2c1cc(C#N)n2CCC1CCN(S(C)(=O)=O)C(C)C1. The fourth-order valence-corrected chi connectivity index (χ4v) is 9.52. The molecule has 1 aromatic carbocycles. The van der Waals surface area contributed by atoms with E-state index in [1.54, 1.807) is 10.4 Å². The van der Waals surface area contributed by atoms with Crippen LogP contribution in [-0.2, 0) is 29.5 Å². The summed E-state index contributed by atoms with van der Waals surface area (Å²) in [5, 5.41) is 15.2. The summed E-state index contributed by atoms with van der Waals surface area (Å²) in [5.41, 5.74) is 4.09. The highest BCUT2D eigenvalue weighted by Crippen LogP contribution is 2.34. The molecule has 252 valence electrons. The molecule has 4 aromatic rings. The first-order valence-electron chi connectivity index (χ1n) is 16.1. The number of benzene rings is 1. The van der Waals surface area contributed by atoms with Gasteiger partial charge in [-0.15, -0.1) is 11.3 Å². The zero-order valence-corrected chi connectivity index (χ0v) is 28.5. The summed E-state index contributed by atoms with van der Waals surface area (Å²) in [6.07, 6.45) is 1.75. The fourth-order valence-electron chi connectivity index (χ4n) is 7.32. The molecular weight excluding hydrogens is 648 g/mol. The summed E-state index contributed by atoms with van der Waals surface area (Å²) in [4.78, 5) is 11.7. The van der Waals surface area contributed by atoms with Crippen LogP contribution in [0, 0.1) is 24.2 Å². The minimum Gasteiger partial charge on any atom is -0.367 e. The Labute approximate surface area is 277 Å². The lowest BCUT2D eigenvalue weighted by molar-refractivity contribution is -0.126. The monoisotopic (exact) mass is 687 g/mol. The predicted molar refractivity (Wildman–Crippen MR) is 179 cm³/mol. The third kappa shape index (κ3) is 7.58. The van der Waals surface area contributed by atoms with Crippen molar-refractivity contribution in [2.75, 3.05) is 31.2 Å². The topological polar surface area (TPSA) is 107 Å². The van der Waals surface area contributed by atoms with E-state index in [0.717, 1.165) is 80.5 Å². The summed E-state index contributed by atoms with van der Waals surface area (Å²) in [7, 11) is -3.20. The number of fused-ring (bicyclic) bond motifs is 2. The maximum absolute atomic E-state index is 12.9. The molecule has 2 fully saturated rings. The van der Waals surface area contributed by atoms with Crippen LogP contribution in [0.2, 0.25) is 0 Å². The van der Waals surface area contributed by atoms with Gasteiger partial charge in [-0.3, -0.25) is 4.90 Å². The normalized spacial score (nSPS) is 20.6. The van der Waals surface area contributed by atoms with E-state index in [-0.39, 0.29) is 17.0 Å². The van der Waals surface area contributed by atoms with E-state index >= 15 is 0 Å². The van der Waals surface area contributed by atoms with Crippen molar-refractivity contribution in [2.45, 2.75) is 83.7 Å². The molecule has 0 aliphatic carbocycles. The van der Waals surface area contributed by atoms with Crippen LogP contribution in [0.15, 0.2) is 30.6 Å². The van der Waals surface area contributed by atoms with Crippen molar-refractivity contribution in [1.29, 1.82) is 5.26 Å². The molecule has 0 bridgehead atoms. The molecule has 9 nitrogen and oxygen atoms in total. The fraction of sp³-hybridized carbons (Fsp3) is 0.545. The summed E-state index contributed by atoms with van der Waals surface area (Å²) in [5.74, 6) is 0.994. The molecule has 6 rings (SSSR count). The molecule has 3 aromatic heterocycles. The van der Waals surface area contributed by atoms with E-state index in [9.17, 15) is 26.9 Å². The van der Waals surface area contributed by atoms with E-state index in [4.69, 9.17) is 0 Å². The second-order valence-electron chi connectivity index (χ2n) is 13.1. The lowest BCUT2D eigenvalue weighted by Crippen LogP contribution is -2.44. The number of anilines is 1. The van der Waals surface area contributed by atoms with Crippen molar-refractivity contribution < 1.29 is 21.6 Å². The van der Waals surface area contributed by atoms with Gasteiger partial charge >= 0.3 is 6.18 Å². The second kappa shape index (κ2) is 13.3. The number of nitrogens with zero attached hydrogens (tertiary/aromatic N) is 6. The first kappa shape index (κ1) is 33.6. The van der Waals surface area contributed by atoms with Crippen LogP contribution >= 0.6 is 11.3 Å². The number of sulfonamides is 1. The number of rotatable bonds is 9. The Kier molecular flexibility index (Phi) is 9.55. The molecule has 47 heavy (non-hydrogen) atoms. The van der Waals surface area contributed by atoms with Gasteiger partial charge in [-0.2, -0.15) is 22.7 Å². The first-order chi connectivity index (χ1) is 22.3. The summed E-state index contributed by atoms with van der Waals surface area (Å²) in [6, 6.07) is 10.4. The lowest BCUT2D eigenvalue weighted by atomic mass is 9.90. The molecule has 1 N–H and O–H groups in total. The van der Waals surface area contributed by atoms with Gasteiger partial charge in [0.25, 0.3) is 0 Å². The number of nitrogens with one attached hydrogen (secondary N) is 1. The highest BCUT2D eigenvalue weighted by Gasteiger charge is 2.31. The molecule has 14 heteroatoms. The number of thiophene rings is 1. The molecule has 2 unspecified atom stereocenters. The molecule has 2 saturated heterocycles. The van der Waals surface area contributed by atoms with Gasteiger partial charge in [0, 0.05) is 60.6 Å². The van der Waals surface area contributed by atoms with E-state index in [2.05, 4.69) is 49.9 Å². The number of hydrogen-bond acceptors (Lipinski definition) is 8. The summed E-state index contributed by atoms with van der Waals surface area (Å²) >= 11 is 1.06. The Morgan fingerprint density at radius 3 is 2.55 bits per heavy atom. The van der Waals surface area contributed by atoms with E-state index in [1.165, 1.54) is 23.7 Å². The standard InChI is InChI=1S/C33H40F3N7O2S2/c1-21-14-23(7-13-43(21)47(3,44)45)6-12-42-26(18-37)15-28-22(2)24(4-5-30(28)42)19-41-10-8-25(9-11-41)40-31-29-16-27(17-33(34,35)36)46-32(29)39-20-38-31/h4-5,15-16,20-21,23,25H,6-14,17,19H2,1-3H3,(H,38,39,40). The Bertz CT molecular complexity index is 1910. The average molecular weight is 688 g/mol. The number of piperidine rings is 2. The molecule has 2 aliphatic rings. The highest BCUT2D eigenvalue weighted by atomic mass is 32.2. The first-order valence-corrected chi connectivity index (χ1v) is 18.7. The lowest BCUT2D eigenvalue weighted by Gasteiger charge is -2.36. The minimum atomic E-state index is -4.26. The van der Waals surface area contributed by atoms with Crippen LogP contribution in [0.25, 0.3) is 21.1 Å². The summed E-state index contributed by atoms with van der Waals surface area (Å²) < 4.78 is 66.7. The quantitative estimate of drug-likeness (QED) is 0.215. The smallest absolute Gasteiger partial charge is 0.367 e. The predicted octanol–water partition coefficient (Wildman–Crippen LogP) is 6.46. The van der Waals surface area contributed by atoms with Crippen LogP contribution in [0.4, 0.5) is 19.0 Å². The van der Waals surface area contributed by atoms with E-state index in [1.807, 2.05) is 13.0 Å². The molecule has 5 heterocycles. The maximum Gasteiger partial charge on any atom is 0.393 e. The van der Waals surface area contributed by atoms with Crippen molar-refractivity contribution in [2.24, 2.45) is 5.92 Å². The number of likely N-dealkylation sites (tertiary alicyclic amines) is 1. The number of aromatic nitrogens is 3. The number of aryl methyl sites for hydroxylation is 2. The Morgan fingerprint density at radius 1 is 1.11 bits per heavy atom. The Morgan fingerprint density at radius 2 is 1.87 bits per heavy atom. The number of hydrogen-bond donors (Lipinski definition) is 1. The molecule has 0 spiro atoms. The minimum absolute atomic E-state index is 0.0182. The third-order valence-corrected chi connectivity index (χ3v) is 12.2. The van der Waals surface area contributed by atoms with Crippen molar-refractivity contribution in [3.8, 4) is 6.07 Å². The number of halogens is 3. The van der Waals surface area contributed by atoms with Gasteiger partial charge in [0.15, 0.2) is 0 Å². The van der Waals surface area contributed by atoms with E-state index in [0.29, 0.717) is 34.2 Å². The van der Waals surface area contributed by atoms with Crippen molar-refractivity contribution in [1.82, 2.24) is 23.7 Å². The van der Waals surface area contributed by atoms with Crippen molar-refractivity contribution in [3.05, 3.63) is 52.3 Å². The number of alkyl halides is 3. The van der Waals surface area contributed by atoms with Crippen LogP contribution < -0.4 is 5.32 Å². The van der Waals surface area contributed by atoms with Crippen molar-refractivity contribution in [3.63, 3.8) is 0 Å². The van der Waals surface area contributed by atoms with Gasteiger partial charge in [0.05, 0.1) is 18.1 Å². The van der Waals surface area contributed by atoms with Gasteiger partial charge in [-0.05, 0) is 81.2 Å². The van der Waals surface area contributed by atoms with Crippen molar-refractivity contribution >= 4 is 48.3 Å². The molecule has 2 aliphatic heterocycles. The van der Waals surface area contributed by atoms with Gasteiger partial charge < -0.3 is 9.88 Å². The van der Waals surface area contributed by atoms with Crippen LogP contribution in [-0.4, -0.2) is 76.3 Å². The maximum atomic E-state index is 12.9. The van der Waals surface area contributed by atoms with Gasteiger partial charge in [0.2, 0.25) is 10.0 Å². The average Bonchev–Trinajstić information content (AvgIpc) is 3.58. The summed E-state index contributed by atoms with van der Waals surface area (Å²) in [6.45, 7) is 7.89. The van der Waals surface area contributed by atoms with Crippen LogP contribution in [0.1, 0.15) is 60.7 Å². The van der Waals surface area contributed by atoms with Crippen LogP contribution in [0.3, 0.4) is 0 Å². The second-order valence-corrected chi connectivity index (χ2v) is 16.2. The van der Waals surface area contributed by atoms with Gasteiger partial charge in [-0.25, -0.2) is 18.4 Å². The molecule has 0 amide bonds. The van der Waals surface area contributed by atoms with E-state index < -0.39 is 22.6 Å². The number of nitriles is 1. The highest BCUT2D eigenvalue weighted by molar-refractivity contribution is 7.88.